The molecule has 1 heterocycles. The first kappa shape index (κ1) is 6.87. The summed E-state index contributed by atoms with van der Waals surface area (Å²) in [6.45, 7) is 1.64. The molecule has 1 spiro atoms. The van der Waals surface area contributed by atoms with E-state index in [1.165, 1.54) is 0 Å². The molecule has 0 aromatic rings. The van der Waals surface area contributed by atoms with Crippen LogP contribution in [0.4, 0.5) is 0 Å². The Kier molecular flexibility index (Phi) is 0.723. The second-order valence-corrected chi connectivity index (χ2v) is 7.33. The third-order valence-electron chi connectivity index (χ3n) is 6.48. The van der Waals surface area contributed by atoms with Crippen molar-refractivity contribution in [1.29, 1.82) is 0 Å². The Balaban J connectivity index is 1.67. The van der Waals surface area contributed by atoms with Crippen LogP contribution < -0.4 is 0 Å². The molecule has 7 rings (SSSR count). The summed E-state index contributed by atoms with van der Waals surface area (Å²) in [7, 11) is 0. The molecular formula is C11H11BrO2. The van der Waals surface area contributed by atoms with Gasteiger partial charge in [-0.1, -0.05) is 15.9 Å². The zero-order valence-corrected chi connectivity index (χ0v) is 9.24. The molecule has 7 aliphatic rings. The minimum Gasteiger partial charge on any atom is -0.346 e. The minimum atomic E-state index is -0.166. The standard InChI is InChI=1S/C11H11BrO2/c12-10-7-4-3-5(7)9(6(3)8(4)10)11(10)13-1-2-14-11/h3-9H,1-2H2. The molecule has 14 heavy (non-hydrogen) atoms. The van der Waals surface area contributed by atoms with Gasteiger partial charge in [-0.25, -0.2) is 0 Å². The predicted octanol–water partition coefficient (Wildman–Crippen LogP) is 1.24. The lowest BCUT2D eigenvalue weighted by Gasteiger charge is -2.85. The highest BCUT2D eigenvalue weighted by atomic mass is 79.9. The Labute approximate surface area is 90.4 Å². The number of hydrogen-bond acceptors (Lipinski definition) is 2. The average Bonchev–Trinajstić information content (AvgIpc) is 2.65. The lowest BCUT2D eigenvalue weighted by Crippen LogP contribution is -2.86. The highest BCUT2D eigenvalue weighted by Crippen LogP contribution is 3.00. The van der Waals surface area contributed by atoms with Gasteiger partial charge >= 0.3 is 0 Å². The highest BCUT2D eigenvalue weighted by Gasteiger charge is 3.03. The summed E-state index contributed by atoms with van der Waals surface area (Å²) in [5.41, 5.74) is 0. The molecule has 1 saturated heterocycles. The van der Waals surface area contributed by atoms with Gasteiger partial charge in [-0.2, -0.15) is 0 Å². The molecule has 2 nitrogen and oxygen atoms in total. The fourth-order valence-corrected chi connectivity index (χ4v) is 8.22. The number of hydrogen-bond donors (Lipinski definition) is 0. The minimum absolute atomic E-state index is 0.166. The van der Waals surface area contributed by atoms with Gasteiger partial charge < -0.3 is 9.47 Å². The summed E-state index contributed by atoms with van der Waals surface area (Å²) in [6, 6.07) is 0. The molecule has 6 aliphatic carbocycles. The van der Waals surface area contributed by atoms with Crippen molar-refractivity contribution in [3.05, 3.63) is 0 Å². The van der Waals surface area contributed by atoms with Crippen molar-refractivity contribution in [1.82, 2.24) is 0 Å². The van der Waals surface area contributed by atoms with Crippen LogP contribution >= 0.6 is 15.9 Å². The van der Waals surface area contributed by atoms with Gasteiger partial charge in [0.1, 0.15) is 0 Å². The van der Waals surface area contributed by atoms with E-state index < -0.39 is 0 Å². The van der Waals surface area contributed by atoms with Crippen LogP contribution in [0.25, 0.3) is 0 Å². The van der Waals surface area contributed by atoms with Crippen LogP contribution in [0, 0.1) is 41.4 Å². The van der Waals surface area contributed by atoms with Gasteiger partial charge in [-0.3, -0.25) is 0 Å². The SMILES string of the molecule is BrC12C3C4C5C(C4C14OCCO4)C2C53. The van der Waals surface area contributed by atoms with Crippen LogP contribution in [-0.4, -0.2) is 23.3 Å². The summed E-state index contributed by atoms with van der Waals surface area (Å²) in [5, 5.41) is 0. The largest absolute Gasteiger partial charge is 0.346 e. The summed E-state index contributed by atoms with van der Waals surface area (Å²) >= 11 is 4.02. The van der Waals surface area contributed by atoms with Crippen molar-refractivity contribution in [3.63, 3.8) is 0 Å². The number of halogens is 1. The molecule has 3 heteroatoms. The Bertz CT molecular complexity index is 369. The van der Waals surface area contributed by atoms with Crippen LogP contribution in [0.3, 0.4) is 0 Å². The van der Waals surface area contributed by atoms with E-state index in [-0.39, 0.29) is 10.1 Å². The average molecular weight is 255 g/mol. The van der Waals surface area contributed by atoms with Crippen LogP contribution in [0.15, 0.2) is 0 Å². The van der Waals surface area contributed by atoms with E-state index >= 15 is 0 Å². The van der Waals surface area contributed by atoms with Crippen LogP contribution in [0.2, 0.25) is 0 Å². The van der Waals surface area contributed by atoms with Gasteiger partial charge in [0.05, 0.1) is 17.5 Å². The molecule has 4 atom stereocenters. The number of rotatable bonds is 0. The monoisotopic (exact) mass is 254 g/mol. The molecule has 0 aromatic heterocycles. The topological polar surface area (TPSA) is 18.5 Å². The molecule has 0 N–H and O–H groups in total. The molecule has 0 aromatic carbocycles. The van der Waals surface area contributed by atoms with Gasteiger partial charge in [0, 0.05) is 5.92 Å². The van der Waals surface area contributed by atoms with Crippen LogP contribution in [0.5, 0.6) is 0 Å². The molecule has 2 bridgehead atoms. The van der Waals surface area contributed by atoms with Gasteiger partial charge in [0.25, 0.3) is 0 Å². The van der Waals surface area contributed by atoms with Crippen molar-refractivity contribution in [2.45, 2.75) is 10.1 Å². The van der Waals surface area contributed by atoms with Crippen LogP contribution in [0.1, 0.15) is 0 Å². The Morgan fingerprint density at radius 2 is 1.43 bits per heavy atom. The van der Waals surface area contributed by atoms with Crippen LogP contribution in [-0.2, 0) is 9.47 Å². The molecule has 0 radical (unpaired) electrons. The maximum absolute atomic E-state index is 6.04. The van der Waals surface area contributed by atoms with Gasteiger partial charge in [-0.15, -0.1) is 0 Å². The highest BCUT2D eigenvalue weighted by molar-refractivity contribution is 9.10. The molecular weight excluding hydrogens is 244 g/mol. The number of alkyl halides is 1. The summed E-state index contributed by atoms with van der Waals surface area (Å²) in [5.74, 6) is 6.59. The second-order valence-electron chi connectivity index (χ2n) is 6.02. The first-order valence-electron chi connectivity index (χ1n) is 5.79. The van der Waals surface area contributed by atoms with E-state index in [1.807, 2.05) is 0 Å². The van der Waals surface area contributed by atoms with Crippen molar-refractivity contribution >= 4 is 15.9 Å². The zero-order chi connectivity index (χ0) is 8.87. The molecule has 6 saturated carbocycles. The van der Waals surface area contributed by atoms with E-state index in [4.69, 9.17) is 9.47 Å². The Hall–Kier alpha value is 0.400. The Morgan fingerprint density at radius 3 is 1.93 bits per heavy atom. The zero-order valence-electron chi connectivity index (χ0n) is 7.65. The van der Waals surface area contributed by atoms with Crippen molar-refractivity contribution in [2.75, 3.05) is 13.2 Å². The smallest absolute Gasteiger partial charge is 0.187 e. The fraction of sp³-hybridized carbons (Fsp3) is 1.00. The molecule has 7 fully saturated rings. The molecule has 4 unspecified atom stereocenters. The number of ether oxygens (including phenoxy) is 2. The van der Waals surface area contributed by atoms with Gasteiger partial charge in [0.15, 0.2) is 5.79 Å². The summed E-state index contributed by atoms with van der Waals surface area (Å²) < 4.78 is 12.3. The second kappa shape index (κ2) is 1.47. The first-order valence-corrected chi connectivity index (χ1v) is 6.58. The lowest BCUT2D eigenvalue weighted by atomic mass is 9.20. The molecule has 1 aliphatic heterocycles. The van der Waals surface area contributed by atoms with E-state index in [0.29, 0.717) is 0 Å². The quantitative estimate of drug-likeness (QED) is 0.606. The van der Waals surface area contributed by atoms with E-state index in [2.05, 4.69) is 15.9 Å². The fourth-order valence-electron chi connectivity index (χ4n) is 6.50. The maximum Gasteiger partial charge on any atom is 0.187 e. The summed E-state index contributed by atoms with van der Waals surface area (Å²) in [6.07, 6.45) is 0. The normalized spacial score (nSPS) is 81.6. The lowest BCUT2D eigenvalue weighted by molar-refractivity contribution is -0.367. The van der Waals surface area contributed by atoms with Crippen molar-refractivity contribution in [3.8, 4) is 0 Å². The Morgan fingerprint density at radius 1 is 0.857 bits per heavy atom. The molecule has 0 amide bonds. The van der Waals surface area contributed by atoms with E-state index in [0.717, 1.165) is 54.6 Å². The third kappa shape index (κ3) is 0.307. The van der Waals surface area contributed by atoms with E-state index in [9.17, 15) is 0 Å². The van der Waals surface area contributed by atoms with Crippen molar-refractivity contribution < 1.29 is 9.47 Å². The van der Waals surface area contributed by atoms with E-state index in [1.54, 1.807) is 0 Å². The first-order chi connectivity index (χ1) is 6.82. The predicted molar refractivity (Wildman–Crippen MR) is 50.7 cm³/mol. The van der Waals surface area contributed by atoms with Gasteiger partial charge in [-0.05, 0) is 35.5 Å². The third-order valence-corrected chi connectivity index (χ3v) is 8.09. The summed E-state index contributed by atoms with van der Waals surface area (Å²) in [4.78, 5) is 0. The van der Waals surface area contributed by atoms with Gasteiger partial charge in [0.2, 0.25) is 0 Å². The molecule has 74 valence electrons. The van der Waals surface area contributed by atoms with Crippen molar-refractivity contribution in [2.24, 2.45) is 41.4 Å². The maximum atomic E-state index is 6.04.